The van der Waals surface area contributed by atoms with Gasteiger partial charge in [-0.1, -0.05) is 53.7 Å². The normalized spacial score (nSPS) is 13.7. The second kappa shape index (κ2) is 8.88. The van der Waals surface area contributed by atoms with Crippen molar-refractivity contribution in [1.29, 1.82) is 0 Å². The number of carbonyl (C=O) groups excluding carboxylic acids is 2. The van der Waals surface area contributed by atoms with Gasteiger partial charge in [0.15, 0.2) is 0 Å². The van der Waals surface area contributed by atoms with Gasteiger partial charge in [-0.2, -0.15) is 0 Å². The summed E-state index contributed by atoms with van der Waals surface area (Å²) < 4.78 is 10.7. The number of rotatable bonds is 6. The predicted molar refractivity (Wildman–Crippen MR) is 123 cm³/mol. The summed E-state index contributed by atoms with van der Waals surface area (Å²) in [6.45, 7) is 0. The molecule has 2 amide bonds. The second-order valence-corrected chi connectivity index (χ2v) is 8.13. The van der Waals surface area contributed by atoms with E-state index in [9.17, 15) is 9.59 Å². The van der Waals surface area contributed by atoms with Gasteiger partial charge in [0.2, 0.25) is 0 Å². The zero-order valence-electron chi connectivity index (χ0n) is 16.8. The van der Waals surface area contributed by atoms with E-state index in [0.717, 1.165) is 9.80 Å². The van der Waals surface area contributed by atoms with E-state index in [1.807, 2.05) is 30.3 Å². The number of thioether (sulfide) groups is 1. The lowest BCUT2D eigenvalue weighted by Crippen LogP contribution is -2.31. The minimum Gasteiger partial charge on any atom is -0.497 e. The number of hydrogen-bond acceptors (Lipinski definition) is 5. The number of hydrogen-bond donors (Lipinski definition) is 0. The maximum absolute atomic E-state index is 13.6. The molecule has 0 spiro atoms. The highest BCUT2D eigenvalue weighted by Crippen LogP contribution is 2.44. The van der Waals surface area contributed by atoms with Crippen LogP contribution in [0.2, 0.25) is 5.02 Å². The molecule has 7 heteroatoms. The highest BCUT2D eigenvalue weighted by molar-refractivity contribution is 8.04. The van der Waals surface area contributed by atoms with Crippen LogP contribution in [0.4, 0.5) is 5.69 Å². The Balaban J connectivity index is 1.85. The number of amides is 2. The molecule has 31 heavy (non-hydrogen) atoms. The smallest absolute Gasteiger partial charge is 0.273 e. The summed E-state index contributed by atoms with van der Waals surface area (Å²) in [7, 11) is 3.01. The van der Waals surface area contributed by atoms with Crippen LogP contribution in [0.1, 0.15) is 5.56 Å². The molecule has 0 bridgehead atoms. The number of halogens is 1. The van der Waals surface area contributed by atoms with Crippen molar-refractivity contribution in [2.45, 2.75) is 4.90 Å². The Kier molecular flexibility index (Phi) is 6.02. The molecule has 1 heterocycles. The Morgan fingerprint density at radius 2 is 1.55 bits per heavy atom. The second-order valence-electron chi connectivity index (χ2n) is 6.61. The minimum absolute atomic E-state index is 0.320. The average molecular weight is 452 g/mol. The Morgan fingerprint density at radius 1 is 0.839 bits per heavy atom. The molecular weight excluding hydrogens is 434 g/mol. The third-order valence-corrected chi connectivity index (χ3v) is 6.11. The molecule has 1 aliphatic heterocycles. The number of nitrogens with zero attached hydrogens (tertiary/aromatic N) is 1. The minimum atomic E-state index is -0.433. The van der Waals surface area contributed by atoms with Crippen LogP contribution in [0, 0.1) is 0 Å². The summed E-state index contributed by atoms with van der Waals surface area (Å²) in [4.78, 5) is 29.4. The summed E-state index contributed by atoms with van der Waals surface area (Å²) in [5.74, 6) is 0.0465. The number of carbonyl (C=O) groups is 2. The molecule has 5 nitrogen and oxygen atoms in total. The van der Waals surface area contributed by atoms with Crippen molar-refractivity contribution in [3.05, 3.63) is 88.3 Å². The van der Waals surface area contributed by atoms with E-state index in [2.05, 4.69) is 0 Å². The standard InChI is InChI=1S/C24H18ClNO4S/c1-29-17-12-13-20(30-2)19(14-17)26-23(27)21(15-8-10-16(25)11-9-15)22(24(26)28)31-18-6-4-3-5-7-18/h3-14H,1-2H3. The van der Waals surface area contributed by atoms with E-state index in [0.29, 0.717) is 38.3 Å². The first-order valence-electron chi connectivity index (χ1n) is 9.37. The number of ether oxygens (including phenoxy) is 2. The van der Waals surface area contributed by atoms with Gasteiger partial charge in [0, 0.05) is 16.0 Å². The Bertz CT molecular complexity index is 1180. The fraction of sp³-hybridized carbons (Fsp3) is 0.0833. The first kappa shape index (κ1) is 21.0. The number of benzene rings is 3. The van der Waals surface area contributed by atoms with Gasteiger partial charge >= 0.3 is 0 Å². The number of imide groups is 1. The van der Waals surface area contributed by atoms with Gasteiger partial charge in [0.25, 0.3) is 11.8 Å². The maximum atomic E-state index is 13.6. The van der Waals surface area contributed by atoms with E-state index in [4.69, 9.17) is 21.1 Å². The van der Waals surface area contributed by atoms with E-state index in [1.165, 1.54) is 26.0 Å². The zero-order valence-corrected chi connectivity index (χ0v) is 18.4. The van der Waals surface area contributed by atoms with Crippen LogP contribution in [-0.2, 0) is 9.59 Å². The van der Waals surface area contributed by atoms with Gasteiger partial charge in [-0.05, 0) is 42.0 Å². The Morgan fingerprint density at radius 3 is 2.19 bits per heavy atom. The van der Waals surface area contributed by atoms with Crippen molar-refractivity contribution < 1.29 is 19.1 Å². The molecule has 0 saturated heterocycles. The SMILES string of the molecule is COc1ccc(OC)c(N2C(=O)C(Sc3ccccc3)=C(c3ccc(Cl)cc3)C2=O)c1. The first-order chi connectivity index (χ1) is 15.0. The van der Waals surface area contributed by atoms with Crippen molar-refractivity contribution in [3.8, 4) is 11.5 Å². The van der Waals surface area contributed by atoms with E-state index >= 15 is 0 Å². The first-order valence-corrected chi connectivity index (χ1v) is 10.6. The van der Waals surface area contributed by atoms with E-state index < -0.39 is 11.8 Å². The highest BCUT2D eigenvalue weighted by atomic mass is 35.5. The molecule has 0 aromatic heterocycles. The van der Waals surface area contributed by atoms with Crippen molar-refractivity contribution >= 4 is 46.4 Å². The van der Waals surface area contributed by atoms with Gasteiger partial charge in [0.05, 0.1) is 30.4 Å². The molecule has 156 valence electrons. The highest BCUT2D eigenvalue weighted by Gasteiger charge is 2.41. The molecule has 4 rings (SSSR count). The topological polar surface area (TPSA) is 55.8 Å². The largest absolute Gasteiger partial charge is 0.497 e. The monoisotopic (exact) mass is 451 g/mol. The quantitative estimate of drug-likeness (QED) is 0.467. The summed E-state index contributed by atoms with van der Waals surface area (Å²) in [5, 5.41) is 0.546. The van der Waals surface area contributed by atoms with Gasteiger partial charge in [-0.25, -0.2) is 4.90 Å². The molecular formula is C24H18ClNO4S. The Labute approximate surface area is 189 Å². The lowest BCUT2D eigenvalue weighted by molar-refractivity contribution is -0.119. The van der Waals surface area contributed by atoms with Crippen LogP contribution in [0.25, 0.3) is 5.57 Å². The van der Waals surface area contributed by atoms with E-state index in [-0.39, 0.29) is 0 Å². The molecule has 0 fully saturated rings. The molecule has 0 saturated carbocycles. The van der Waals surface area contributed by atoms with Crippen molar-refractivity contribution in [2.75, 3.05) is 19.1 Å². The zero-order chi connectivity index (χ0) is 22.0. The average Bonchev–Trinajstić information content (AvgIpc) is 3.04. The molecule has 0 unspecified atom stereocenters. The summed E-state index contributed by atoms with van der Waals surface area (Å²) >= 11 is 7.29. The molecule has 0 atom stereocenters. The lowest BCUT2D eigenvalue weighted by Gasteiger charge is -2.19. The van der Waals surface area contributed by atoms with Gasteiger partial charge in [0.1, 0.15) is 11.5 Å². The van der Waals surface area contributed by atoms with Crippen LogP contribution in [0.15, 0.2) is 82.6 Å². The summed E-state index contributed by atoms with van der Waals surface area (Å²) in [6, 6.07) is 21.3. The summed E-state index contributed by atoms with van der Waals surface area (Å²) in [6.07, 6.45) is 0. The predicted octanol–water partition coefficient (Wildman–Crippen LogP) is 5.43. The fourth-order valence-electron chi connectivity index (χ4n) is 3.27. The van der Waals surface area contributed by atoms with Crippen LogP contribution in [0.5, 0.6) is 11.5 Å². The number of methoxy groups -OCH3 is 2. The molecule has 0 N–H and O–H groups in total. The number of anilines is 1. The summed E-state index contributed by atoms with van der Waals surface area (Å²) in [5.41, 5.74) is 1.26. The van der Waals surface area contributed by atoms with E-state index in [1.54, 1.807) is 42.5 Å². The van der Waals surface area contributed by atoms with Crippen LogP contribution in [0.3, 0.4) is 0 Å². The van der Waals surface area contributed by atoms with Gasteiger partial charge in [-0.15, -0.1) is 0 Å². The third kappa shape index (κ3) is 4.04. The molecule has 0 radical (unpaired) electrons. The van der Waals surface area contributed by atoms with Gasteiger partial charge in [-0.3, -0.25) is 9.59 Å². The molecule has 3 aromatic rings. The van der Waals surface area contributed by atoms with Crippen molar-refractivity contribution in [2.24, 2.45) is 0 Å². The molecule has 1 aliphatic rings. The van der Waals surface area contributed by atoms with Crippen molar-refractivity contribution in [3.63, 3.8) is 0 Å². The van der Waals surface area contributed by atoms with Crippen LogP contribution < -0.4 is 14.4 Å². The van der Waals surface area contributed by atoms with Gasteiger partial charge < -0.3 is 9.47 Å². The fourth-order valence-corrected chi connectivity index (χ4v) is 4.41. The van der Waals surface area contributed by atoms with Crippen LogP contribution >= 0.6 is 23.4 Å². The third-order valence-electron chi connectivity index (χ3n) is 4.76. The molecule has 3 aromatic carbocycles. The Hall–Kier alpha value is -3.22. The molecule has 0 aliphatic carbocycles. The van der Waals surface area contributed by atoms with Crippen LogP contribution in [-0.4, -0.2) is 26.0 Å². The van der Waals surface area contributed by atoms with Crippen molar-refractivity contribution in [1.82, 2.24) is 0 Å². The maximum Gasteiger partial charge on any atom is 0.273 e. The lowest BCUT2D eigenvalue weighted by atomic mass is 10.1.